The van der Waals surface area contributed by atoms with Gasteiger partial charge in [-0.05, 0) is 86.2 Å². The van der Waals surface area contributed by atoms with Gasteiger partial charge in [0.15, 0.2) is 0 Å². The normalized spacial score (nSPS) is 11.0. The van der Waals surface area contributed by atoms with E-state index < -0.39 is 0 Å². The summed E-state index contributed by atoms with van der Waals surface area (Å²) in [5.74, 6) is 0.256. The molecule has 0 aliphatic carbocycles. The van der Waals surface area contributed by atoms with Crippen LogP contribution in [0.3, 0.4) is 0 Å². The van der Waals surface area contributed by atoms with E-state index in [4.69, 9.17) is 0 Å². The number of benzene rings is 2. The fourth-order valence-corrected chi connectivity index (χ4v) is 3.21. The minimum atomic E-state index is -0.0503. The van der Waals surface area contributed by atoms with Gasteiger partial charge in [-0.25, -0.2) is 0 Å². The number of aromatic amines is 1. The van der Waals surface area contributed by atoms with E-state index in [9.17, 15) is 9.90 Å². The molecule has 0 aliphatic rings. The van der Waals surface area contributed by atoms with Crippen molar-refractivity contribution in [1.82, 2.24) is 4.98 Å². The lowest BCUT2D eigenvalue weighted by Gasteiger charge is -2.25. The Morgan fingerprint density at radius 1 is 1.00 bits per heavy atom. The SMILES string of the molecule is CCN(Cc1cc2cc(C)c(C)cc2[nH]c1=O)c1ccc(O)cc1C. The molecule has 0 saturated heterocycles. The zero-order valence-electron chi connectivity index (χ0n) is 15.2. The van der Waals surface area contributed by atoms with Gasteiger partial charge in [0.25, 0.3) is 5.56 Å². The van der Waals surface area contributed by atoms with Crippen LogP contribution in [0.1, 0.15) is 29.2 Å². The highest BCUT2D eigenvalue weighted by Gasteiger charge is 2.12. The number of fused-ring (bicyclic) bond motifs is 1. The number of hydrogen-bond donors (Lipinski definition) is 2. The summed E-state index contributed by atoms with van der Waals surface area (Å²) < 4.78 is 0. The van der Waals surface area contributed by atoms with Crippen LogP contribution >= 0.6 is 0 Å². The summed E-state index contributed by atoms with van der Waals surface area (Å²) in [6, 6.07) is 11.5. The largest absolute Gasteiger partial charge is 0.508 e. The topological polar surface area (TPSA) is 56.3 Å². The highest BCUT2D eigenvalue weighted by molar-refractivity contribution is 5.80. The van der Waals surface area contributed by atoms with Crippen LogP contribution in [0.25, 0.3) is 10.9 Å². The third-order valence-electron chi connectivity index (χ3n) is 4.80. The molecule has 3 rings (SSSR count). The molecular formula is C21H24N2O2. The summed E-state index contributed by atoms with van der Waals surface area (Å²) in [4.78, 5) is 17.7. The van der Waals surface area contributed by atoms with E-state index in [1.807, 2.05) is 32.0 Å². The van der Waals surface area contributed by atoms with Crippen molar-refractivity contribution in [3.8, 4) is 5.75 Å². The van der Waals surface area contributed by atoms with Gasteiger partial charge in [-0.3, -0.25) is 4.79 Å². The molecule has 2 aromatic carbocycles. The molecule has 2 N–H and O–H groups in total. The number of phenolic OH excluding ortho intramolecular Hbond substituents is 1. The van der Waals surface area contributed by atoms with Gasteiger partial charge < -0.3 is 15.0 Å². The Bertz CT molecular complexity index is 989. The molecule has 1 heterocycles. The molecule has 0 aliphatic heterocycles. The van der Waals surface area contributed by atoms with E-state index in [1.54, 1.807) is 12.1 Å². The number of aromatic hydroxyl groups is 1. The smallest absolute Gasteiger partial charge is 0.253 e. The number of aryl methyl sites for hydroxylation is 3. The van der Waals surface area contributed by atoms with Crippen molar-refractivity contribution in [3.05, 3.63) is 69.0 Å². The second kappa shape index (κ2) is 6.63. The lowest BCUT2D eigenvalue weighted by molar-refractivity contribution is 0.475. The fraction of sp³-hybridized carbons (Fsp3) is 0.286. The molecule has 4 nitrogen and oxygen atoms in total. The Morgan fingerprint density at radius 2 is 1.72 bits per heavy atom. The number of pyridine rings is 1. The minimum absolute atomic E-state index is 0.0503. The molecule has 1 aromatic heterocycles. The zero-order chi connectivity index (χ0) is 18.1. The quantitative estimate of drug-likeness (QED) is 0.751. The molecule has 0 atom stereocenters. The summed E-state index contributed by atoms with van der Waals surface area (Å²) in [6.45, 7) is 9.46. The molecule has 0 saturated carbocycles. The van der Waals surface area contributed by atoms with Crippen molar-refractivity contribution in [3.63, 3.8) is 0 Å². The molecular weight excluding hydrogens is 312 g/mol. The number of phenols is 1. The van der Waals surface area contributed by atoms with E-state index in [0.717, 1.165) is 34.3 Å². The van der Waals surface area contributed by atoms with Gasteiger partial charge in [-0.1, -0.05) is 0 Å². The third kappa shape index (κ3) is 3.38. The van der Waals surface area contributed by atoms with Crippen LogP contribution in [0.2, 0.25) is 0 Å². The molecule has 0 amide bonds. The van der Waals surface area contributed by atoms with Gasteiger partial charge in [-0.15, -0.1) is 0 Å². The van der Waals surface area contributed by atoms with Crippen molar-refractivity contribution in [2.75, 3.05) is 11.4 Å². The Balaban J connectivity index is 2.01. The van der Waals surface area contributed by atoms with Crippen LogP contribution in [-0.2, 0) is 6.54 Å². The average Bonchev–Trinajstić information content (AvgIpc) is 2.55. The van der Waals surface area contributed by atoms with Crippen molar-refractivity contribution in [2.24, 2.45) is 0 Å². The first-order valence-corrected chi connectivity index (χ1v) is 8.56. The van der Waals surface area contributed by atoms with Gasteiger partial charge in [0.05, 0.1) is 0 Å². The molecule has 0 radical (unpaired) electrons. The molecule has 4 heteroatoms. The third-order valence-corrected chi connectivity index (χ3v) is 4.80. The van der Waals surface area contributed by atoms with Gasteiger partial charge in [-0.2, -0.15) is 0 Å². The van der Waals surface area contributed by atoms with E-state index in [2.05, 4.69) is 29.8 Å². The molecule has 25 heavy (non-hydrogen) atoms. The zero-order valence-corrected chi connectivity index (χ0v) is 15.2. The summed E-state index contributed by atoms with van der Waals surface area (Å²) in [5.41, 5.74) is 5.97. The van der Waals surface area contributed by atoms with E-state index in [1.165, 1.54) is 11.1 Å². The molecule has 0 fully saturated rings. The number of hydrogen-bond acceptors (Lipinski definition) is 3. The van der Waals surface area contributed by atoms with Gasteiger partial charge in [0.1, 0.15) is 5.75 Å². The number of anilines is 1. The van der Waals surface area contributed by atoms with Crippen molar-refractivity contribution in [2.45, 2.75) is 34.2 Å². The summed E-state index contributed by atoms with van der Waals surface area (Å²) in [7, 11) is 0. The highest BCUT2D eigenvalue weighted by Crippen LogP contribution is 2.25. The number of nitrogens with one attached hydrogen (secondary N) is 1. The van der Waals surface area contributed by atoms with E-state index in [-0.39, 0.29) is 11.3 Å². The number of aromatic nitrogens is 1. The first kappa shape index (κ1) is 17.1. The maximum atomic E-state index is 12.5. The number of rotatable bonds is 4. The molecule has 0 unspecified atom stereocenters. The highest BCUT2D eigenvalue weighted by atomic mass is 16.3. The summed E-state index contributed by atoms with van der Waals surface area (Å²) in [6.07, 6.45) is 0. The second-order valence-corrected chi connectivity index (χ2v) is 6.63. The van der Waals surface area contributed by atoms with Crippen LogP contribution < -0.4 is 10.5 Å². The van der Waals surface area contributed by atoms with Crippen LogP contribution in [-0.4, -0.2) is 16.6 Å². The monoisotopic (exact) mass is 336 g/mol. The van der Waals surface area contributed by atoms with E-state index >= 15 is 0 Å². The Morgan fingerprint density at radius 3 is 2.40 bits per heavy atom. The van der Waals surface area contributed by atoms with Crippen LogP contribution in [0.4, 0.5) is 5.69 Å². The lowest BCUT2D eigenvalue weighted by atomic mass is 10.0. The Labute approximate surface area is 147 Å². The predicted molar refractivity (Wildman–Crippen MR) is 104 cm³/mol. The predicted octanol–water partition coefficient (Wildman–Crippen LogP) is 4.19. The minimum Gasteiger partial charge on any atom is -0.508 e. The Kier molecular flexibility index (Phi) is 4.53. The molecule has 130 valence electrons. The van der Waals surface area contributed by atoms with Crippen molar-refractivity contribution in [1.29, 1.82) is 0 Å². The Hall–Kier alpha value is -2.75. The lowest BCUT2D eigenvalue weighted by Crippen LogP contribution is -2.27. The van der Waals surface area contributed by atoms with Crippen LogP contribution in [0.15, 0.2) is 41.2 Å². The number of nitrogens with zero attached hydrogens (tertiary/aromatic N) is 1. The first-order valence-electron chi connectivity index (χ1n) is 8.56. The van der Waals surface area contributed by atoms with Gasteiger partial charge >= 0.3 is 0 Å². The first-order chi connectivity index (χ1) is 11.9. The van der Waals surface area contributed by atoms with Crippen LogP contribution in [0.5, 0.6) is 5.75 Å². The standard InChI is InChI=1S/C21H24N2O2/c1-5-23(20-7-6-18(24)9-15(20)4)12-17-11-16-8-13(2)14(3)10-19(16)22-21(17)25/h6-11,24H,5,12H2,1-4H3,(H,22,25). The molecule has 0 spiro atoms. The van der Waals surface area contributed by atoms with Crippen molar-refractivity contribution < 1.29 is 5.11 Å². The fourth-order valence-electron chi connectivity index (χ4n) is 3.21. The maximum absolute atomic E-state index is 12.5. The van der Waals surface area contributed by atoms with Gasteiger partial charge in [0.2, 0.25) is 0 Å². The molecule has 3 aromatic rings. The van der Waals surface area contributed by atoms with Crippen molar-refractivity contribution >= 4 is 16.6 Å². The summed E-state index contributed by atoms with van der Waals surface area (Å²) in [5, 5.41) is 10.7. The number of H-pyrrole nitrogens is 1. The van der Waals surface area contributed by atoms with E-state index in [0.29, 0.717) is 6.54 Å². The maximum Gasteiger partial charge on any atom is 0.253 e. The van der Waals surface area contributed by atoms with Gasteiger partial charge in [0, 0.05) is 29.9 Å². The average molecular weight is 336 g/mol. The summed E-state index contributed by atoms with van der Waals surface area (Å²) >= 11 is 0. The second-order valence-electron chi connectivity index (χ2n) is 6.63. The van der Waals surface area contributed by atoms with Crippen LogP contribution in [0, 0.1) is 20.8 Å². The molecule has 0 bridgehead atoms.